The highest BCUT2D eigenvalue weighted by atomic mass is 19.1. The van der Waals surface area contributed by atoms with Gasteiger partial charge in [0.2, 0.25) is 0 Å². The van der Waals surface area contributed by atoms with E-state index in [0.717, 1.165) is 251 Å². The molecule has 0 aliphatic rings. The van der Waals surface area contributed by atoms with Crippen LogP contribution in [0.2, 0.25) is 0 Å². The van der Waals surface area contributed by atoms with Crippen LogP contribution in [-0.2, 0) is 0 Å². The molecule has 22 aromatic rings. The van der Waals surface area contributed by atoms with Gasteiger partial charge in [-0.05, 0) is 309 Å². The van der Waals surface area contributed by atoms with Crippen LogP contribution >= 0.6 is 0 Å². The maximum atomic E-state index is 14.0. The number of halogens is 4. The molecule has 0 saturated heterocycles. The van der Waals surface area contributed by atoms with Crippen molar-refractivity contribution in [3.8, 4) is 234 Å². The van der Waals surface area contributed by atoms with E-state index in [9.17, 15) is 17.6 Å². The van der Waals surface area contributed by atoms with Gasteiger partial charge in [-0.2, -0.15) is 0 Å². The minimum Gasteiger partial charge on any atom is -0.256 e. The first-order chi connectivity index (χ1) is 68.6. The van der Waals surface area contributed by atoms with Crippen LogP contribution in [0.3, 0.4) is 0 Å². The topological polar surface area (TPSA) is 77.3 Å². The zero-order chi connectivity index (χ0) is 94.9. The van der Waals surface area contributed by atoms with Crippen molar-refractivity contribution in [2.75, 3.05) is 0 Å². The number of rotatable bonds is 21. The lowest BCUT2D eigenvalue weighted by molar-refractivity contribution is 0.627. The summed E-state index contributed by atoms with van der Waals surface area (Å²) in [7, 11) is 0. The summed E-state index contributed by atoms with van der Waals surface area (Å²) >= 11 is 0. The van der Waals surface area contributed by atoms with Crippen molar-refractivity contribution in [1.82, 2.24) is 29.9 Å². The highest BCUT2D eigenvalue weighted by molar-refractivity contribution is 5.98. The Morgan fingerprint density at radius 3 is 0.464 bits per heavy atom. The van der Waals surface area contributed by atoms with E-state index in [4.69, 9.17) is 29.9 Å². The van der Waals surface area contributed by atoms with Gasteiger partial charge in [-0.25, -0.2) is 27.5 Å². The maximum absolute atomic E-state index is 14.0. The third-order valence-corrected chi connectivity index (χ3v) is 26.7. The summed E-state index contributed by atoms with van der Waals surface area (Å²) in [5.74, 6) is -0.510. The van der Waals surface area contributed by atoms with E-state index < -0.39 is 0 Å². The van der Waals surface area contributed by atoms with Gasteiger partial charge in [0.05, 0.1) is 22.8 Å². The standard InChI is InChI=1S/C130H88F4N6/c1-81-65-126(135-77-122(81)90-49-57-106(131)58-50-90)94-39-29-85(30-40-94)110-17-5-10-22-115(110)99-69-100(116-23-11-6-18-111(116)86-31-41-95(42-32-86)127-66-82(2)123(78-136-127)91-51-59-107(132)60-52-91)71-101(70-99)119-26-14-9-21-114(119)89-37-47-98(48-38-89)130-139-75-105(76-140-130)121-28-16-15-27-120(121)104-73-102(117-24-12-7-19-112(117)87-33-43-96(44-34-87)128-67-83(3)124(79-137-128)92-53-61-108(133)62-54-92)72-103(74-104)118-25-13-8-20-113(118)88-35-45-97(46-36-88)129-68-84(4)125(80-138-129)93-55-63-109(134)64-56-93/h5-80H,1-4H3. The third kappa shape index (κ3) is 18.0. The number of aryl methyl sites for hydroxylation is 4. The summed E-state index contributed by atoms with van der Waals surface area (Å²) in [6.45, 7) is 8.27. The second-order valence-corrected chi connectivity index (χ2v) is 35.6. The summed E-state index contributed by atoms with van der Waals surface area (Å²) in [5, 5.41) is 0. The summed E-state index contributed by atoms with van der Waals surface area (Å²) in [5.41, 5.74) is 44.8. The van der Waals surface area contributed by atoms with Gasteiger partial charge in [-0.15, -0.1) is 0 Å². The molecule has 0 N–H and O–H groups in total. The molecule has 5 aromatic heterocycles. The second kappa shape index (κ2) is 38.1. The van der Waals surface area contributed by atoms with Crippen LogP contribution < -0.4 is 0 Å². The largest absolute Gasteiger partial charge is 0.256 e. The molecule has 17 aromatic carbocycles. The zero-order valence-electron chi connectivity index (χ0n) is 77.1. The Balaban J connectivity index is 0.592. The molecular weight excluding hydrogens is 1720 g/mol. The molecule has 0 spiro atoms. The molecule has 140 heavy (non-hydrogen) atoms. The molecule has 0 saturated carbocycles. The monoisotopic (exact) mass is 1810 g/mol. The quantitative estimate of drug-likeness (QED) is 0.0667. The number of pyridine rings is 4. The normalized spacial score (nSPS) is 11.3. The molecule has 0 atom stereocenters. The lowest BCUT2D eigenvalue weighted by atomic mass is 9.86. The van der Waals surface area contributed by atoms with E-state index in [1.165, 1.54) is 48.5 Å². The molecule has 5 heterocycles. The number of nitrogens with zero attached hydrogens (tertiary/aromatic N) is 6. The number of benzene rings is 17. The van der Waals surface area contributed by atoms with Crippen molar-refractivity contribution in [2.24, 2.45) is 0 Å². The van der Waals surface area contributed by atoms with Crippen molar-refractivity contribution < 1.29 is 17.6 Å². The fourth-order valence-corrected chi connectivity index (χ4v) is 19.4. The van der Waals surface area contributed by atoms with E-state index in [2.05, 4.69) is 355 Å². The Labute approximate surface area is 811 Å². The fourth-order valence-electron chi connectivity index (χ4n) is 19.4. The maximum Gasteiger partial charge on any atom is 0.159 e. The van der Waals surface area contributed by atoms with Crippen LogP contribution in [0.25, 0.3) is 234 Å². The Hall–Kier alpha value is -17.9. The summed E-state index contributed by atoms with van der Waals surface area (Å²) in [6.07, 6.45) is 11.4. The van der Waals surface area contributed by atoms with Crippen LogP contribution in [0, 0.1) is 51.0 Å². The van der Waals surface area contributed by atoms with Crippen molar-refractivity contribution in [1.29, 1.82) is 0 Å². The molecule has 10 heteroatoms. The Bertz CT molecular complexity index is 7520. The average molecular weight is 1810 g/mol. The molecular formula is C130H88F4N6. The molecule has 0 fully saturated rings. The molecule has 0 unspecified atom stereocenters. The van der Waals surface area contributed by atoms with E-state index in [1.807, 2.05) is 37.2 Å². The minimum atomic E-state index is -0.276. The summed E-state index contributed by atoms with van der Waals surface area (Å²) in [4.78, 5) is 30.1. The number of hydrogen-bond acceptors (Lipinski definition) is 6. The average Bonchev–Trinajstić information content (AvgIpc) is 0.761. The molecule has 22 rings (SSSR count). The smallest absolute Gasteiger partial charge is 0.159 e. The van der Waals surface area contributed by atoms with Crippen molar-refractivity contribution in [3.05, 3.63) is 507 Å². The van der Waals surface area contributed by atoms with Gasteiger partial charge in [0.15, 0.2) is 5.82 Å². The Morgan fingerprint density at radius 2 is 0.279 bits per heavy atom. The highest BCUT2D eigenvalue weighted by Gasteiger charge is 2.23. The van der Waals surface area contributed by atoms with Crippen LogP contribution in [0.15, 0.2) is 462 Å². The van der Waals surface area contributed by atoms with Gasteiger partial charge in [0, 0.05) is 92.8 Å². The van der Waals surface area contributed by atoms with E-state index in [0.29, 0.717) is 5.82 Å². The zero-order valence-corrected chi connectivity index (χ0v) is 77.1. The minimum absolute atomic E-state index is 0.275. The first-order valence-corrected chi connectivity index (χ1v) is 46.8. The SMILES string of the molecule is Cc1cc(-c2ccc(-c3ccccc3-c3cc(-c4ccccc4-c4ccc(-c5cc(C)c(-c6ccc(F)cc6)cn5)cc4)cc(-c4ccccc4-c4ccc(-c5ncc(-c6ccccc6-c6cc(-c7ccccc7-c7ccc(-c8cc(C)c(-c9ccc(F)cc9)cn8)cc7)cc(-c7ccccc7-c7ccc(-c8cc(C)c(-c9ccc(F)cc9)cn8)cc7)c6)cn5)cc4)c3)cc2)ncc1-c1ccc(F)cc1. The van der Waals surface area contributed by atoms with Gasteiger partial charge in [0.25, 0.3) is 0 Å². The molecule has 6 nitrogen and oxygen atoms in total. The second-order valence-electron chi connectivity index (χ2n) is 35.6. The molecule has 0 radical (unpaired) electrons. The summed E-state index contributed by atoms with van der Waals surface area (Å²) in [6, 6.07) is 143. The van der Waals surface area contributed by atoms with Gasteiger partial charge in [-0.3, -0.25) is 19.9 Å². The highest BCUT2D eigenvalue weighted by Crippen LogP contribution is 2.48. The van der Waals surface area contributed by atoms with Crippen molar-refractivity contribution >= 4 is 0 Å². The van der Waals surface area contributed by atoms with Crippen molar-refractivity contribution in [2.45, 2.75) is 27.7 Å². The predicted molar refractivity (Wildman–Crippen MR) is 566 cm³/mol. The predicted octanol–water partition coefficient (Wildman–Crippen LogP) is 34.9. The molecule has 0 amide bonds. The van der Waals surface area contributed by atoms with Gasteiger partial charge in [0.1, 0.15) is 23.3 Å². The third-order valence-electron chi connectivity index (χ3n) is 26.7. The van der Waals surface area contributed by atoms with E-state index >= 15 is 0 Å². The fraction of sp³-hybridized carbons (Fsp3) is 0.0308. The van der Waals surface area contributed by atoms with Crippen LogP contribution in [0.5, 0.6) is 0 Å². The molecule has 0 bridgehead atoms. The lowest BCUT2D eigenvalue weighted by Crippen LogP contribution is -1.94. The Morgan fingerprint density at radius 1 is 0.129 bits per heavy atom. The first kappa shape index (κ1) is 87.5. The van der Waals surface area contributed by atoms with E-state index in [-0.39, 0.29) is 23.3 Å². The Kier molecular flexibility index (Phi) is 23.8. The van der Waals surface area contributed by atoms with Crippen LogP contribution in [-0.4, -0.2) is 29.9 Å². The van der Waals surface area contributed by atoms with Crippen LogP contribution in [0.4, 0.5) is 17.6 Å². The van der Waals surface area contributed by atoms with Crippen molar-refractivity contribution in [3.63, 3.8) is 0 Å². The molecule has 666 valence electrons. The first-order valence-electron chi connectivity index (χ1n) is 46.8. The molecule has 0 aliphatic heterocycles. The number of aromatic nitrogens is 6. The van der Waals surface area contributed by atoms with E-state index in [1.54, 1.807) is 48.5 Å². The lowest BCUT2D eigenvalue weighted by Gasteiger charge is -2.18. The van der Waals surface area contributed by atoms with Gasteiger partial charge < -0.3 is 0 Å². The molecule has 0 aliphatic carbocycles. The summed E-state index contributed by atoms with van der Waals surface area (Å²) < 4.78 is 56.0. The number of hydrogen-bond donors (Lipinski definition) is 0. The van der Waals surface area contributed by atoms with Gasteiger partial charge in [-0.1, -0.05) is 315 Å². The van der Waals surface area contributed by atoms with Crippen LogP contribution in [0.1, 0.15) is 22.3 Å². The van der Waals surface area contributed by atoms with Gasteiger partial charge >= 0.3 is 0 Å².